The first-order chi connectivity index (χ1) is 10.0. The zero-order chi connectivity index (χ0) is 15.0. The highest BCUT2D eigenvalue weighted by Gasteiger charge is 2.47. The molecule has 1 fully saturated rings. The molecule has 2 aromatic rings. The number of halogens is 1. The van der Waals surface area contributed by atoms with Crippen molar-refractivity contribution in [1.29, 1.82) is 0 Å². The van der Waals surface area contributed by atoms with Crippen molar-refractivity contribution < 1.29 is 9.90 Å². The second-order valence-electron chi connectivity index (χ2n) is 5.07. The minimum absolute atomic E-state index is 0.177. The van der Waals surface area contributed by atoms with Gasteiger partial charge in [0.05, 0.1) is 6.54 Å². The Kier molecular flexibility index (Phi) is 3.43. The summed E-state index contributed by atoms with van der Waals surface area (Å²) in [6.07, 6.45) is 0. The first kappa shape index (κ1) is 14.0. The van der Waals surface area contributed by atoms with E-state index < -0.39 is 5.60 Å². The summed E-state index contributed by atoms with van der Waals surface area (Å²) in [6.45, 7) is 3.98. The molecule has 1 amide bonds. The van der Waals surface area contributed by atoms with Gasteiger partial charge in [-0.1, -0.05) is 52.8 Å². The third-order valence-electron chi connectivity index (χ3n) is 3.78. The molecule has 0 bridgehead atoms. The van der Waals surface area contributed by atoms with Gasteiger partial charge in [0.25, 0.3) is 5.91 Å². The Morgan fingerprint density at radius 3 is 2.33 bits per heavy atom. The molecule has 1 saturated heterocycles. The highest BCUT2D eigenvalue weighted by molar-refractivity contribution is 9.10. The lowest BCUT2D eigenvalue weighted by Crippen LogP contribution is -2.31. The molecule has 0 spiro atoms. The maximum absolute atomic E-state index is 12.4. The Hall–Kier alpha value is -1.91. The second kappa shape index (κ2) is 5.13. The summed E-state index contributed by atoms with van der Waals surface area (Å²) in [6, 6.07) is 16.6. The van der Waals surface area contributed by atoms with E-state index in [2.05, 4.69) is 22.5 Å². The van der Waals surface area contributed by atoms with Gasteiger partial charge in [-0.05, 0) is 29.8 Å². The van der Waals surface area contributed by atoms with Crippen LogP contribution in [-0.2, 0) is 10.4 Å². The van der Waals surface area contributed by atoms with E-state index in [1.165, 1.54) is 0 Å². The lowest BCUT2D eigenvalue weighted by Gasteiger charge is -2.23. The van der Waals surface area contributed by atoms with Gasteiger partial charge in [0.1, 0.15) is 5.60 Å². The second-order valence-corrected chi connectivity index (χ2v) is 5.99. The number of rotatable bonds is 2. The Bertz CT molecular complexity index is 696. The van der Waals surface area contributed by atoms with Crippen LogP contribution in [0.15, 0.2) is 71.2 Å². The number of carbonyl (C=O) groups is 1. The lowest BCUT2D eigenvalue weighted by molar-refractivity contribution is -0.114. The van der Waals surface area contributed by atoms with Crippen LogP contribution in [0.25, 0.3) is 0 Å². The van der Waals surface area contributed by atoms with E-state index in [-0.39, 0.29) is 18.0 Å². The number of benzene rings is 2. The lowest BCUT2D eigenvalue weighted by atomic mass is 9.89. The summed E-state index contributed by atoms with van der Waals surface area (Å²) in [5.41, 5.74) is 0.293. The van der Waals surface area contributed by atoms with Crippen molar-refractivity contribution in [2.45, 2.75) is 5.60 Å². The topological polar surface area (TPSA) is 40.5 Å². The summed E-state index contributed by atoms with van der Waals surface area (Å²) in [7, 11) is 0. The molecular weight excluding hydrogens is 330 g/mol. The van der Waals surface area contributed by atoms with Gasteiger partial charge in [0, 0.05) is 15.7 Å². The highest BCUT2D eigenvalue weighted by Crippen LogP contribution is 2.38. The Labute approximate surface area is 131 Å². The summed E-state index contributed by atoms with van der Waals surface area (Å²) >= 11 is 3.37. The van der Waals surface area contributed by atoms with E-state index in [0.717, 1.165) is 10.2 Å². The number of anilines is 1. The zero-order valence-electron chi connectivity index (χ0n) is 11.3. The molecule has 0 radical (unpaired) electrons. The number of amides is 1. The van der Waals surface area contributed by atoms with Gasteiger partial charge in [-0.3, -0.25) is 4.79 Å². The first-order valence-corrected chi connectivity index (χ1v) is 7.36. The summed E-state index contributed by atoms with van der Waals surface area (Å²) in [5, 5.41) is 10.9. The van der Waals surface area contributed by atoms with Gasteiger partial charge in [-0.25, -0.2) is 0 Å². The van der Waals surface area contributed by atoms with Crippen molar-refractivity contribution >= 4 is 27.5 Å². The third-order valence-corrected chi connectivity index (χ3v) is 4.31. The van der Waals surface area contributed by atoms with Crippen LogP contribution in [0, 0.1) is 0 Å². The number of hydrogen-bond donors (Lipinski definition) is 1. The summed E-state index contributed by atoms with van der Waals surface area (Å²) in [5.74, 6) is -0.247. The molecule has 1 unspecified atom stereocenters. The van der Waals surface area contributed by atoms with Gasteiger partial charge in [0.2, 0.25) is 0 Å². The van der Waals surface area contributed by atoms with E-state index in [4.69, 9.17) is 0 Å². The molecule has 1 N–H and O–H groups in total. The fraction of sp³-hybridized carbons (Fsp3) is 0.118. The van der Waals surface area contributed by atoms with Crippen LogP contribution in [0.5, 0.6) is 0 Å². The molecule has 3 nitrogen and oxygen atoms in total. The van der Waals surface area contributed by atoms with Crippen molar-refractivity contribution in [3.8, 4) is 0 Å². The Morgan fingerprint density at radius 2 is 1.71 bits per heavy atom. The summed E-state index contributed by atoms with van der Waals surface area (Å²) in [4.78, 5) is 14.0. The van der Waals surface area contributed by atoms with Gasteiger partial charge >= 0.3 is 0 Å². The fourth-order valence-electron chi connectivity index (χ4n) is 2.54. The van der Waals surface area contributed by atoms with E-state index in [9.17, 15) is 9.90 Å². The van der Waals surface area contributed by atoms with Gasteiger partial charge in [-0.15, -0.1) is 0 Å². The quantitative estimate of drug-likeness (QED) is 0.850. The van der Waals surface area contributed by atoms with Crippen LogP contribution in [-0.4, -0.2) is 17.6 Å². The standard InChI is InChI=1S/C17H14BrNO2/c1-12-16(20)19(15-9-7-14(18)8-10-15)11-17(12,21)13-5-3-2-4-6-13/h2-10,21H,1,11H2. The van der Waals surface area contributed by atoms with Crippen LogP contribution < -0.4 is 4.90 Å². The largest absolute Gasteiger partial charge is 0.378 e. The Balaban J connectivity index is 1.99. The van der Waals surface area contributed by atoms with E-state index >= 15 is 0 Å². The third kappa shape index (κ3) is 2.30. The fourth-order valence-corrected chi connectivity index (χ4v) is 2.81. The first-order valence-electron chi connectivity index (χ1n) is 6.57. The number of carbonyl (C=O) groups excluding carboxylic acids is 1. The van der Waals surface area contributed by atoms with Crippen molar-refractivity contribution in [3.05, 3.63) is 76.8 Å². The maximum atomic E-state index is 12.4. The van der Waals surface area contributed by atoms with Crippen molar-refractivity contribution in [1.82, 2.24) is 0 Å². The van der Waals surface area contributed by atoms with Crippen LogP contribution in [0.4, 0.5) is 5.69 Å². The van der Waals surface area contributed by atoms with Crippen LogP contribution in [0.3, 0.4) is 0 Å². The van der Waals surface area contributed by atoms with Crippen molar-refractivity contribution in [3.63, 3.8) is 0 Å². The van der Waals surface area contributed by atoms with Gasteiger partial charge in [0.15, 0.2) is 0 Å². The molecule has 106 valence electrons. The average Bonchev–Trinajstić information content (AvgIpc) is 2.75. The highest BCUT2D eigenvalue weighted by atomic mass is 79.9. The molecule has 0 aliphatic carbocycles. The minimum atomic E-state index is -1.34. The van der Waals surface area contributed by atoms with Crippen LogP contribution in [0.1, 0.15) is 5.56 Å². The van der Waals surface area contributed by atoms with E-state index in [1.54, 1.807) is 4.90 Å². The molecule has 4 heteroatoms. The normalized spacial score (nSPS) is 21.9. The predicted molar refractivity (Wildman–Crippen MR) is 86.0 cm³/mol. The van der Waals surface area contributed by atoms with E-state index in [0.29, 0.717) is 5.56 Å². The smallest absolute Gasteiger partial charge is 0.257 e. The van der Waals surface area contributed by atoms with Crippen LogP contribution >= 0.6 is 15.9 Å². The van der Waals surface area contributed by atoms with Crippen LogP contribution in [0.2, 0.25) is 0 Å². The number of hydrogen-bond acceptors (Lipinski definition) is 2. The molecule has 1 aliphatic heterocycles. The van der Waals surface area contributed by atoms with Gasteiger partial charge < -0.3 is 10.0 Å². The molecule has 0 aromatic heterocycles. The van der Waals surface area contributed by atoms with E-state index in [1.807, 2.05) is 54.6 Å². The molecule has 0 saturated carbocycles. The molecule has 1 heterocycles. The monoisotopic (exact) mass is 343 g/mol. The predicted octanol–water partition coefficient (Wildman–Crippen LogP) is 3.24. The van der Waals surface area contributed by atoms with Crippen molar-refractivity contribution in [2.24, 2.45) is 0 Å². The number of aliphatic hydroxyl groups is 1. The average molecular weight is 344 g/mol. The number of β-amino-alcohol motifs (C(OH)–C–C–N with tert-alkyl or cyclic N) is 1. The molecule has 21 heavy (non-hydrogen) atoms. The number of nitrogens with zero attached hydrogens (tertiary/aromatic N) is 1. The molecule has 1 atom stereocenters. The Morgan fingerprint density at radius 1 is 1.10 bits per heavy atom. The maximum Gasteiger partial charge on any atom is 0.257 e. The zero-order valence-corrected chi connectivity index (χ0v) is 12.9. The van der Waals surface area contributed by atoms with Crippen molar-refractivity contribution in [2.75, 3.05) is 11.4 Å². The molecule has 3 rings (SSSR count). The molecule has 2 aromatic carbocycles. The minimum Gasteiger partial charge on any atom is -0.378 e. The summed E-state index contributed by atoms with van der Waals surface area (Å²) < 4.78 is 0.940. The SMILES string of the molecule is C=C1C(=O)N(c2ccc(Br)cc2)CC1(O)c1ccccc1. The van der Waals surface area contributed by atoms with Gasteiger partial charge in [-0.2, -0.15) is 0 Å². The molecule has 1 aliphatic rings. The molecular formula is C17H14BrNO2.